The Bertz CT molecular complexity index is 447. The smallest absolute Gasteiger partial charge is 0.340 e. The maximum absolute atomic E-state index is 13.0. The van der Waals surface area contributed by atoms with E-state index in [4.69, 9.17) is 5.73 Å². The molecule has 0 unspecified atom stereocenters. The van der Waals surface area contributed by atoms with Crippen molar-refractivity contribution < 1.29 is 18.8 Å². The number of benzene rings is 1. The molecule has 6 nitrogen and oxygen atoms in total. The average Bonchev–Trinajstić information content (AvgIpc) is 2.20. The van der Waals surface area contributed by atoms with Gasteiger partial charge in [-0.05, 0) is 13.0 Å². The van der Waals surface area contributed by atoms with Crippen molar-refractivity contribution in [2.24, 2.45) is 0 Å². The topological polar surface area (TPSA) is 95.5 Å². The fourth-order valence-electron chi connectivity index (χ4n) is 1.13. The zero-order valence-electron chi connectivity index (χ0n) is 8.40. The second kappa shape index (κ2) is 4.56. The number of rotatable bonds is 3. The molecule has 1 aromatic rings. The summed E-state index contributed by atoms with van der Waals surface area (Å²) in [7, 11) is 0. The lowest BCUT2D eigenvalue weighted by Gasteiger charge is -2.05. The van der Waals surface area contributed by atoms with E-state index in [9.17, 15) is 19.3 Å². The van der Waals surface area contributed by atoms with Gasteiger partial charge in [0.25, 0.3) is 5.69 Å². The van der Waals surface area contributed by atoms with Gasteiger partial charge in [-0.1, -0.05) is 0 Å². The quantitative estimate of drug-likeness (QED) is 0.366. The molecule has 0 aliphatic carbocycles. The summed E-state index contributed by atoms with van der Waals surface area (Å²) in [4.78, 5) is 21.0. The number of esters is 1. The second-order valence-electron chi connectivity index (χ2n) is 2.86. The van der Waals surface area contributed by atoms with Crippen LogP contribution in [0.1, 0.15) is 17.3 Å². The van der Waals surface area contributed by atoms with Gasteiger partial charge in [0, 0.05) is 0 Å². The summed E-state index contributed by atoms with van der Waals surface area (Å²) in [5.74, 6) is -1.80. The van der Waals surface area contributed by atoms with Crippen LogP contribution in [0.5, 0.6) is 0 Å². The number of hydrogen-bond acceptors (Lipinski definition) is 5. The zero-order valence-corrected chi connectivity index (χ0v) is 8.40. The lowest BCUT2D eigenvalue weighted by molar-refractivity contribution is -0.384. The number of nitro benzene ring substituents is 1. The number of carbonyl (C=O) groups excluding carboxylic acids is 1. The van der Waals surface area contributed by atoms with E-state index in [-0.39, 0.29) is 12.2 Å². The van der Waals surface area contributed by atoms with Crippen LogP contribution in [0.3, 0.4) is 0 Å². The first-order valence-corrected chi connectivity index (χ1v) is 4.38. The number of nitrogens with zero attached hydrogens (tertiary/aromatic N) is 1. The standard InChI is InChI=1S/C9H9FN2O4/c1-2-16-9(13)6-3-5(10)4-7(8(6)11)12(14)15/h3-4H,2,11H2,1H3. The van der Waals surface area contributed by atoms with Crippen LogP contribution in [0.25, 0.3) is 0 Å². The Morgan fingerprint density at radius 2 is 2.25 bits per heavy atom. The Labute approximate surface area is 90.0 Å². The number of nitrogens with two attached hydrogens (primary N) is 1. The molecule has 0 bridgehead atoms. The Hall–Kier alpha value is -2.18. The van der Waals surface area contributed by atoms with Crippen LogP contribution < -0.4 is 5.73 Å². The average molecular weight is 228 g/mol. The van der Waals surface area contributed by atoms with E-state index in [1.54, 1.807) is 6.92 Å². The summed E-state index contributed by atoms with van der Waals surface area (Å²) in [6.07, 6.45) is 0. The summed E-state index contributed by atoms with van der Waals surface area (Å²) < 4.78 is 17.6. The van der Waals surface area contributed by atoms with Gasteiger partial charge in [-0.2, -0.15) is 0 Å². The van der Waals surface area contributed by atoms with Crippen molar-refractivity contribution >= 4 is 17.3 Å². The van der Waals surface area contributed by atoms with Gasteiger partial charge in [0.05, 0.1) is 23.2 Å². The molecule has 7 heteroatoms. The molecule has 0 atom stereocenters. The first-order valence-electron chi connectivity index (χ1n) is 4.38. The van der Waals surface area contributed by atoms with E-state index in [0.29, 0.717) is 6.07 Å². The van der Waals surface area contributed by atoms with Gasteiger partial charge in [0.2, 0.25) is 0 Å². The van der Waals surface area contributed by atoms with Crippen molar-refractivity contribution in [3.63, 3.8) is 0 Å². The van der Waals surface area contributed by atoms with Gasteiger partial charge in [-0.15, -0.1) is 0 Å². The SMILES string of the molecule is CCOC(=O)c1cc(F)cc([N+](=O)[O-])c1N. The first-order chi connectivity index (χ1) is 7.47. The summed E-state index contributed by atoms with van der Waals surface area (Å²) in [5, 5.41) is 10.5. The van der Waals surface area contributed by atoms with E-state index in [1.807, 2.05) is 0 Å². The predicted octanol–water partition coefficient (Wildman–Crippen LogP) is 1.49. The highest BCUT2D eigenvalue weighted by Gasteiger charge is 2.22. The van der Waals surface area contributed by atoms with E-state index < -0.39 is 28.1 Å². The predicted molar refractivity (Wildman–Crippen MR) is 53.4 cm³/mol. The Kier molecular flexibility index (Phi) is 3.39. The van der Waals surface area contributed by atoms with Crippen molar-refractivity contribution in [2.45, 2.75) is 6.92 Å². The minimum absolute atomic E-state index is 0.0720. The van der Waals surface area contributed by atoms with Crippen molar-refractivity contribution in [1.82, 2.24) is 0 Å². The van der Waals surface area contributed by atoms with Crippen LogP contribution >= 0.6 is 0 Å². The Morgan fingerprint density at radius 1 is 1.62 bits per heavy atom. The van der Waals surface area contributed by atoms with E-state index in [1.165, 1.54) is 0 Å². The van der Waals surface area contributed by atoms with E-state index in [0.717, 1.165) is 6.07 Å². The number of hydrogen-bond donors (Lipinski definition) is 1. The highest BCUT2D eigenvalue weighted by molar-refractivity contribution is 5.97. The molecule has 0 spiro atoms. The molecule has 0 aliphatic heterocycles. The number of ether oxygens (including phenoxy) is 1. The molecular weight excluding hydrogens is 219 g/mol. The molecule has 0 amide bonds. The molecule has 0 radical (unpaired) electrons. The third kappa shape index (κ3) is 2.25. The van der Waals surface area contributed by atoms with Crippen LogP contribution in [0.4, 0.5) is 15.8 Å². The summed E-state index contributed by atoms with van der Waals surface area (Å²) in [6, 6.07) is 1.46. The summed E-state index contributed by atoms with van der Waals surface area (Å²) in [6.45, 7) is 1.63. The van der Waals surface area contributed by atoms with Crippen LogP contribution in [0.15, 0.2) is 12.1 Å². The molecule has 16 heavy (non-hydrogen) atoms. The van der Waals surface area contributed by atoms with Crippen LogP contribution in [-0.4, -0.2) is 17.5 Å². The fourth-order valence-corrected chi connectivity index (χ4v) is 1.13. The molecule has 0 heterocycles. The number of nitro groups is 1. The van der Waals surface area contributed by atoms with Crippen LogP contribution in [-0.2, 0) is 4.74 Å². The molecule has 0 aliphatic rings. The molecule has 0 saturated carbocycles. The number of halogens is 1. The number of carbonyl (C=O) groups is 1. The van der Waals surface area contributed by atoms with Crippen molar-refractivity contribution in [2.75, 3.05) is 12.3 Å². The maximum Gasteiger partial charge on any atom is 0.340 e. The molecule has 2 N–H and O–H groups in total. The van der Waals surface area contributed by atoms with Crippen LogP contribution in [0.2, 0.25) is 0 Å². The Balaban J connectivity index is 3.29. The second-order valence-corrected chi connectivity index (χ2v) is 2.86. The maximum atomic E-state index is 13.0. The Morgan fingerprint density at radius 3 is 2.75 bits per heavy atom. The molecule has 86 valence electrons. The van der Waals surface area contributed by atoms with Gasteiger partial charge in [-0.25, -0.2) is 9.18 Å². The van der Waals surface area contributed by atoms with Gasteiger partial charge >= 0.3 is 5.97 Å². The lowest BCUT2D eigenvalue weighted by Crippen LogP contribution is -2.10. The van der Waals surface area contributed by atoms with Crippen molar-refractivity contribution in [3.05, 3.63) is 33.6 Å². The molecule has 1 aromatic carbocycles. The summed E-state index contributed by atoms with van der Waals surface area (Å²) >= 11 is 0. The third-order valence-electron chi connectivity index (χ3n) is 1.81. The minimum Gasteiger partial charge on any atom is -0.462 e. The summed E-state index contributed by atoms with van der Waals surface area (Å²) in [5.41, 5.74) is 3.99. The number of anilines is 1. The van der Waals surface area contributed by atoms with Crippen molar-refractivity contribution in [3.8, 4) is 0 Å². The number of nitrogen functional groups attached to an aromatic ring is 1. The molecule has 0 fully saturated rings. The van der Waals surface area contributed by atoms with Crippen molar-refractivity contribution in [1.29, 1.82) is 0 Å². The van der Waals surface area contributed by atoms with E-state index >= 15 is 0 Å². The van der Waals surface area contributed by atoms with Gasteiger partial charge in [-0.3, -0.25) is 10.1 Å². The third-order valence-corrected chi connectivity index (χ3v) is 1.81. The monoisotopic (exact) mass is 228 g/mol. The molecular formula is C9H9FN2O4. The van der Waals surface area contributed by atoms with Gasteiger partial charge in [0.15, 0.2) is 0 Å². The normalized spacial score (nSPS) is 9.88. The highest BCUT2D eigenvalue weighted by atomic mass is 19.1. The van der Waals surface area contributed by atoms with Gasteiger partial charge < -0.3 is 10.5 Å². The molecule has 0 saturated heterocycles. The first kappa shape index (κ1) is 11.9. The molecule has 0 aromatic heterocycles. The fraction of sp³-hybridized carbons (Fsp3) is 0.222. The zero-order chi connectivity index (χ0) is 12.3. The lowest BCUT2D eigenvalue weighted by atomic mass is 10.1. The van der Waals surface area contributed by atoms with E-state index in [2.05, 4.69) is 4.74 Å². The minimum atomic E-state index is -0.913. The molecule has 1 rings (SSSR count). The van der Waals surface area contributed by atoms with Crippen LogP contribution in [0, 0.1) is 15.9 Å². The highest BCUT2D eigenvalue weighted by Crippen LogP contribution is 2.27. The van der Waals surface area contributed by atoms with Gasteiger partial charge in [0.1, 0.15) is 11.5 Å². The largest absolute Gasteiger partial charge is 0.462 e.